The molecule has 0 fully saturated rings. The molecule has 0 radical (unpaired) electrons. The Balaban J connectivity index is 1.76. The second-order valence-electron chi connectivity index (χ2n) is 9.07. The average Bonchev–Trinajstić information content (AvgIpc) is 3.48. The number of aryl methyl sites for hydroxylation is 1. The van der Waals surface area contributed by atoms with Crippen molar-refractivity contribution < 1.29 is 14.3 Å². The number of ether oxygens (including phenoxy) is 2. The van der Waals surface area contributed by atoms with Crippen molar-refractivity contribution in [2.75, 3.05) is 14.2 Å². The van der Waals surface area contributed by atoms with E-state index in [0.29, 0.717) is 23.4 Å². The molecule has 194 valence electrons. The molecule has 0 N–H and O–H groups in total. The third-order valence-electron chi connectivity index (χ3n) is 6.60. The lowest BCUT2D eigenvalue weighted by Gasteiger charge is -2.14. The molecule has 0 aliphatic rings. The number of hydrogen-bond acceptors (Lipinski definition) is 5. The van der Waals surface area contributed by atoms with E-state index in [0.717, 1.165) is 63.9 Å². The minimum atomic E-state index is -0.436. The standard InChI is InChI=1S/C30H29BrN4O3/c1-4-5-6-7-14-34-25(17-21-11-9-13-32-28(21)34)29-33-24-16-22(30(36)38-3)18-26(37-2)27(24)35(29)19-20-10-8-12-23(31)15-20/h4,8-13,15-18H,1,5-7,14,19H2,2-3H3. The molecule has 5 rings (SSSR count). The molecule has 0 bridgehead atoms. The molecular formula is C30H29BrN4O3. The first-order valence-electron chi connectivity index (χ1n) is 12.5. The van der Waals surface area contributed by atoms with Crippen molar-refractivity contribution in [1.82, 2.24) is 19.1 Å². The molecule has 8 heteroatoms. The van der Waals surface area contributed by atoms with Gasteiger partial charge in [-0.3, -0.25) is 0 Å². The van der Waals surface area contributed by atoms with Crippen LogP contribution >= 0.6 is 15.9 Å². The summed E-state index contributed by atoms with van der Waals surface area (Å²) >= 11 is 3.60. The third kappa shape index (κ3) is 4.96. The maximum Gasteiger partial charge on any atom is 0.338 e. The summed E-state index contributed by atoms with van der Waals surface area (Å²) in [7, 11) is 2.97. The van der Waals surface area contributed by atoms with E-state index < -0.39 is 5.97 Å². The van der Waals surface area contributed by atoms with Crippen molar-refractivity contribution >= 4 is 44.0 Å². The summed E-state index contributed by atoms with van der Waals surface area (Å²) in [5.41, 5.74) is 4.85. The first-order valence-corrected chi connectivity index (χ1v) is 13.3. The number of hydrogen-bond donors (Lipinski definition) is 0. The highest BCUT2D eigenvalue weighted by molar-refractivity contribution is 9.10. The van der Waals surface area contributed by atoms with E-state index in [4.69, 9.17) is 19.4 Å². The zero-order chi connectivity index (χ0) is 26.6. The van der Waals surface area contributed by atoms with Crippen LogP contribution in [0.4, 0.5) is 0 Å². The minimum Gasteiger partial charge on any atom is -0.494 e. The molecule has 38 heavy (non-hydrogen) atoms. The Morgan fingerprint density at radius 1 is 1.08 bits per heavy atom. The summed E-state index contributed by atoms with van der Waals surface area (Å²) in [6.07, 6.45) is 6.77. The quantitative estimate of drug-likeness (QED) is 0.102. The molecule has 0 aliphatic carbocycles. The number of carbonyl (C=O) groups excluding carboxylic acids is 1. The maximum absolute atomic E-state index is 12.4. The number of imidazole rings is 1. The summed E-state index contributed by atoms with van der Waals surface area (Å²) in [5, 5.41) is 1.05. The van der Waals surface area contributed by atoms with Gasteiger partial charge in [-0.25, -0.2) is 14.8 Å². The van der Waals surface area contributed by atoms with Crippen LogP contribution in [0.3, 0.4) is 0 Å². The van der Waals surface area contributed by atoms with Gasteiger partial charge in [0.2, 0.25) is 0 Å². The molecule has 3 aromatic heterocycles. The zero-order valence-corrected chi connectivity index (χ0v) is 23.1. The van der Waals surface area contributed by atoms with E-state index in [-0.39, 0.29) is 0 Å². The molecule has 2 aromatic carbocycles. The van der Waals surface area contributed by atoms with Crippen molar-refractivity contribution in [1.29, 1.82) is 0 Å². The van der Waals surface area contributed by atoms with E-state index in [1.165, 1.54) is 7.11 Å². The number of unbranched alkanes of at least 4 members (excludes halogenated alkanes) is 2. The molecule has 0 amide bonds. The Kier molecular flexibility index (Phi) is 7.60. The van der Waals surface area contributed by atoms with Crippen molar-refractivity contribution in [3.63, 3.8) is 0 Å². The molecule has 5 aromatic rings. The van der Waals surface area contributed by atoms with Crippen LogP contribution in [-0.2, 0) is 17.8 Å². The van der Waals surface area contributed by atoms with Gasteiger partial charge in [-0.1, -0.05) is 34.1 Å². The molecule has 0 saturated carbocycles. The normalized spacial score (nSPS) is 11.2. The Bertz CT molecular complexity index is 1640. The number of nitrogens with zero attached hydrogens (tertiary/aromatic N) is 4. The number of halogens is 1. The van der Waals surface area contributed by atoms with Crippen molar-refractivity contribution in [3.05, 3.63) is 89.0 Å². The van der Waals surface area contributed by atoms with Gasteiger partial charge < -0.3 is 18.6 Å². The van der Waals surface area contributed by atoms with Crippen LogP contribution in [0.25, 0.3) is 33.6 Å². The average molecular weight is 573 g/mol. The number of pyridine rings is 1. The molecule has 7 nitrogen and oxygen atoms in total. The van der Waals surface area contributed by atoms with Crippen LogP contribution in [0.2, 0.25) is 0 Å². The molecular weight excluding hydrogens is 544 g/mol. The fourth-order valence-corrected chi connectivity index (χ4v) is 5.29. The topological polar surface area (TPSA) is 71.2 Å². The molecule has 0 saturated heterocycles. The first kappa shape index (κ1) is 25.7. The lowest BCUT2D eigenvalue weighted by molar-refractivity contribution is 0.0600. The van der Waals surface area contributed by atoms with Gasteiger partial charge in [0.15, 0.2) is 5.82 Å². The summed E-state index contributed by atoms with van der Waals surface area (Å²) in [6.45, 7) is 5.21. The van der Waals surface area contributed by atoms with Gasteiger partial charge in [0.05, 0.1) is 31.0 Å². The van der Waals surface area contributed by atoms with Crippen LogP contribution < -0.4 is 4.74 Å². The van der Waals surface area contributed by atoms with Crippen LogP contribution in [0.15, 0.2) is 77.9 Å². The largest absolute Gasteiger partial charge is 0.494 e. The van der Waals surface area contributed by atoms with Gasteiger partial charge in [0, 0.05) is 29.1 Å². The van der Waals surface area contributed by atoms with E-state index in [9.17, 15) is 4.79 Å². The zero-order valence-electron chi connectivity index (χ0n) is 21.5. The number of benzene rings is 2. The second-order valence-corrected chi connectivity index (χ2v) is 9.99. The van der Waals surface area contributed by atoms with Gasteiger partial charge >= 0.3 is 5.97 Å². The molecule has 0 aliphatic heterocycles. The fraction of sp³-hybridized carbons (Fsp3) is 0.233. The summed E-state index contributed by atoms with van der Waals surface area (Å²) in [5.74, 6) is 0.902. The van der Waals surface area contributed by atoms with Crippen LogP contribution in [0, 0.1) is 0 Å². The highest BCUT2D eigenvalue weighted by atomic mass is 79.9. The predicted molar refractivity (Wildman–Crippen MR) is 154 cm³/mol. The van der Waals surface area contributed by atoms with E-state index in [1.54, 1.807) is 19.2 Å². The fourth-order valence-electron chi connectivity index (χ4n) is 4.85. The predicted octanol–water partition coefficient (Wildman–Crippen LogP) is 7.02. The Morgan fingerprint density at radius 3 is 2.71 bits per heavy atom. The summed E-state index contributed by atoms with van der Waals surface area (Å²) in [6, 6.07) is 17.8. The first-order chi connectivity index (χ1) is 18.5. The highest BCUT2D eigenvalue weighted by Crippen LogP contribution is 2.35. The van der Waals surface area contributed by atoms with Gasteiger partial charge in [0.1, 0.15) is 16.9 Å². The minimum absolute atomic E-state index is 0.391. The molecule has 0 atom stereocenters. The van der Waals surface area contributed by atoms with Crippen molar-refractivity contribution in [2.45, 2.75) is 32.4 Å². The van der Waals surface area contributed by atoms with Crippen molar-refractivity contribution in [3.8, 4) is 17.3 Å². The van der Waals surface area contributed by atoms with Gasteiger partial charge in [-0.05, 0) is 67.3 Å². The number of aromatic nitrogens is 4. The summed E-state index contributed by atoms with van der Waals surface area (Å²) in [4.78, 5) is 22.2. The van der Waals surface area contributed by atoms with Crippen molar-refractivity contribution in [2.24, 2.45) is 0 Å². The second kappa shape index (κ2) is 11.2. The lowest BCUT2D eigenvalue weighted by Crippen LogP contribution is -2.08. The number of rotatable bonds is 10. The number of methoxy groups -OCH3 is 2. The Morgan fingerprint density at radius 2 is 1.95 bits per heavy atom. The maximum atomic E-state index is 12.4. The molecule has 0 unspecified atom stereocenters. The van der Waals surface area contributed by atoms with Crippen LogP contribution in [-0.4, -0.2) is 39.3 Å². The Labute approximate surface area is 229 Å². The Hall–Kier alpha value is -3.91. The van der Waals surface area contributed by atoms with E-state index >= 15 is 0 Å². The lowest BCUT2D eigenvalue weighted by atomic mass is 10.1. The monoisotopic (exact) mass is 572 g/mol. The smallest absolute Gasteiger partial charge is 0.338 e. The number of fused-ring (bicyclic) bond motifs is 2. The SMILES string of the molecule is C=CCCCCn1c(-c2nc3cc(C(=O)OC)cc(OC)c3n2Cc2cccc(Br)c2)cc2cccnc21. The van der Waals surface area contributed by atoms with Gasteiger partial charge in [-0.2, -0.15) is 0 Å². The summed E-state index contributed by atoms with van der Waals surface area (Å²) < 4.78 is 16.2. The number of esters is 1. The van der Waals surface area contributed by atoms with Crippen LogP contribution in [0.1, 0.15) is 35.2 Å². The highest BCUT2D eigenvalue weighted by Gasteiger charge is 2.23. The number of allylic oxidation sites excluding steroid dienone is 1. The van der Waals surface area contributed by atoms with E-state index in [1.807, 2.05) is 30.5 Å². The molecule has 3 heterocycles. The van der Waals surface area contributed by atoms with E-state index in [2.05, 4.69) is 55.9 Å². The van der Waals surface area contributed by atoms with Crippen LogP contribution in [0.5, 0.6) is 5.75 Å². The van der Waals surface area contributed by atoms with Gasteiger partial charge in [0.25, 0.3) is 0 Å². The molecule has 0 spiro atoms. The number of carbonyl (C=O) groups is 1. The third-order valence-corrected chi connectivity index (χ3v) is 7.10. The van der Waals surface area contributed by atoms with Gasteiger partial charge in [-0.15, -0.1) is 6.58 Å².